The van der Waals surface area contributed by atoms with Crippen LogP contribution in [-0.4, -0.2) is 74.0 Å². The molecule has 1 N–H and O–H groups in total. The van der Waals surface area contributed by atoms with Gasteiger partial charge in [-0.3, -0.25) is 14.5 Å². The maximum Gasteiger partial charge on any atom is 0.416 e. The van der Waals surface area contributed by atoms with Crippen LogP contribution in [0.4, 0.5) is 18.9 Å². The second-order valence-corrected chi connectivity index (χ2v) is 7.81. The van der Waals surface area contributed by atoms with Crippen LogP contribution in [0.5, 0.6) is 0 Å². The number of carbonyl (C=O) groups is 2. The molecule has 9 heteroatoms. The van der Waals surface area contributed by atoms with Gasteiger partial charge in [0.2, 0.25) is 11.8 Å². The number of piperazine rings is 1. The molecule has 2 aliphatic heterocycles. The Bertz CT molecular complexity index is 733. The molecule has 3 rings (SSSR count). The minimum atomic E-state index is -4.33. The first-order valence-electron chi connectivity index (χ1n) is 10.5. The minimum absolute atomic E-state index is 0.0379. The summed E-state index contributed by atoms with van der Waals surface area (Å²) in [5.74, 6) is 0.0936. The molecule has 0 bridgehead atoms. The summed E-state index contributed by atoms with van der Waals surface area (Å²) in [5.41, 5.74) is -0.0134. The van der Waals surface area contributed by atoms with E-state index in [1.165, 1.54) is 12.1 Å². The van der Waals surface area contributed by atoms with Crippen molar-refractivity contribution in [1.82, 2.24) is 15.1 Å². The van der Waals surface area contributed by atoms with Gasteiger partial charge in [-0.05, 0) is 37.6 Å². The highest BCUT2D eigenvalue weighted by Gasteiger charge is 2.31. The lowest BCUT2D eigenvalue weighted by atomic mass is 10.1. The standard InChI is InChI=1S/C21H29F3N4O2/c22-21(23,24)17-4-1-5-18(16-17)27-14-12-26(13-15-27)9-3-8-25-19(29)7-11-28-10-2-6-20(28)30/h1,4-5,16H,2-3,6-15H2,(H,25,29). The predicted molar refractivity (Wildman–Crippen MR) is 108 cm³/mol. The number of hydrogen-bond acceptors (Lipinski definition) is 4. The van der Waals surface area contributed by atoms with E-state index in [2.05, 4.69) is 10.2 Å². The highest BCUT2D eigenvalue weighted by atomic mass is 19.4. The van der Waals surface area contributed by atoms with Crippen molar-refractivity contribution >= 4 is 17.5 Å². The van der Waals surface area contributed by atoms with Crippen LogP contribution in [0, 0.1) is 0 Å². The topological polar surface area (TPSA) is 55.9 Å². The molecule has 0 radical (unpaired) electrons. The van der Waals surface area contributed by atoms with Gasteiger partial charge in [-0.15, -0.1) is 0 Å². The van der Waals surface area contributed by atoms with Crippen molar-refractivity contribution in [3.63, 3.8) is 0 Å². The number of benzene rings is 1. The molecule has 2 amide bonds. The molecule has 6 nitrogen and oxygen atoms in total. The van der Waals surface area contributed by atoms with Crippen molar-refractivity contribution in [1.29, 1.82) is 0 Å². The number of rotatable bonds is 8. The number of nitrogens with one attached hydrogen (secondary N) is 1. The Morgan fingerprint density at radius 1 is 1.07 bits per heavy atom. The van der Waals surface area contributed by atoms with E-state index in [9.17, 15) is 22.8 Å². The van der Waals surface area contributed by atoms with Crippen molar-refractivity contribution in [3.05, 3.63) is 29.8 Å². The fourth-order valence-electron chi connectivity index (χ4n) is 3.90. The molecule has 2 fully saturated rings. The molecule has 0 aliphatic carbocycles. The molecule has 1 aromatic rings. The number of alkyl halides is 3. The summed E-state index contributed by atoms with van der Waals surface area (Å²) in [5, 5.41) is 2.90. The lowest BCUT2D eigenvalue weighted by molar-refractivity contribution is -0.137. The van der Waals surface area contributed by atoms with Crippen LogP contribution in [0.2, 0.25) is 0 Å². The molecule has 0 atom stereocenters. The molecule has 0 saturated carbocycles. The molecule has 166 valence electrons. The molecule has 0 spiro atoms. The van der Waals surface area contributed by atoms with E-state index in [4.69, 9.17) is 0 Å². The maximum atomic E-state index is 12.9. The number of likely N-dealkylation sites (tertiary alicyclic amines) is 1. The van der Waals surface area contributed by atoms with Crippen LogP contribution in [0.15, 0.2) is 24.3 Å². The summed E-state index contributed by atoms with van der Waals surface area (Å²) in [4.78, 5) is 29.4. The van der Waals surface area contributed by atoms with Crippen LogP contribution < -0.4 is 10.2 Å². The van der Waals surface area contributed by atoms with Crippen molar-refractivity contribution in [2.45, 2.75) is 31.9 Å². The van der Waals surface area contributed by atoms with Crippen molar-refractivity contribution in [2.75, 3.05) is 57.3 Å². The number of anilines is 1. The lowest BCUT2D eigenvalue weighted by Crippen LogP contribution is -2.47. The quantitative estimate of drug-likeness (QED) is 0.649. The third-order valence-corrected chi connectivity index (χ3v) is 5.66. The predicted octanol–water partition coefficient (Wildman–Crippen LogP) is 2.35. The molecule has 0 aromatic heterocycles. The number of amides is 2. The number of hydrogen-bond donors (Lipinski definition) is 1. The number of carbonyl (C=O) groups excluding carboxylic acids is 2. The Labute approximate surface area is 175 Å². The van der Waals surface area contributed by atoms with Gasteiger partial charge in [-0.25, -0.2) is 0 Å². The second-order valence-electron chi connectivity index (χ2n) is 7.81. The third kappa shape index (κ3) is 6.35. The fraction of sp³-hybridized carbons (Fsp3) is 0.619. The Morgan fingerprint density at radius 3 is 2.50 bits per heavy atom. The highest BCUT2D eigenvalue weighted by Crippen LogP contribution is 2.31. The first-order valence-corrected chi connectivity index (χ1v) is 10.5. The van der Waals surface area contributed by atoms with Gasteiger partial charge in [-0.1, -0.05) is 6.07 Å². The van der Waals surface area contributed by atoms with E-state index < -0.39 is 11.7 Å². The monoisotopic (exact) mass is 426 g/mol. The zero-order valence-corrected chi connectivity index (χ0v) is 17.1. The first kappa shape index (κ1) is 22.4. The van der Waals surface area contributed by atoms with E-state index in [0.717, 1.165) is 45.1 Å². The van der Waals surface area contributed by atoms with Crippen LogP contribution in [0.1, 0.15) is 31.2 Å². The van der Waals surface area contributed by atoms with Gasteiger partial charge in [0.15, 0.2) is 0 Å². The van der Waals surface area contributed by atoms with Crippen molar-refractivity contribution < 1.29 is 22.8 Å². The van der Waals surface area contributed by atoms with E-state index in [1.54, 1.807) is 11.0 Å². The molecule has 2 aliphatic rings. The zero-order valence-electron chi connectivity index (χ0n) is 17.1. The summed E-state index contributed by atoms with van der Waals surface area (Å²) < 4.78 is 38.7. The summed E-state index contributed by atoms with van der Waals surface area (Å²) in [7, 11) is 0. The summed E-state index contributed by atoms with van der Waals surface area (Å²) in [6.07, 6.45) is -1.71. The summed E-state index contributed by atoms with van der Waals surface area (Å²) >= 11 is 0. The zero-order chi connectivity index (χ0) is 21.6. The largest absolute Gasteiger partial charge is 0.416 e. The van der Waals surface area contributed by atoms with Crippen LogP contribution >= 0.6 is 0 Å². The maximum absolute atomic E-state index is 12.9. The lowest BCUT2D eigenvalue weighted by Gasteiger charge is -2.36. The Balaban J connectivity index is 1.31. The first-order chi connectivity index (χ1) is 14.3. The smallest absolute Gasteiger partial charge is 0.369 e. The third-order valence-electron chi connectivity index (χ3n) is 5.66. The molecule has 0 unspecified atom stereocenters. The summed E-state index contributed by atoms with van der Waals surface area (Å²) in [6.45, 7) is 5.57. The molecule has 1 aromatic carbocycles. The van der Waals surface area contributed by atoms with Crippen LogP contribution in [-0.2, 0) is 15.8 Å². The van der Waals surface area contributed by atoms with Crippen molar-refractivity contribution in [2.24, 2.45) is 0 Å². The van der Waals surface area contributed by atoms with Gasteiger partial charge in [0, 0.05) is 64.3 Å². The molecule has 2 saturated heterocycles. The van der Waals surface area contributed by atoms with Gasteiger partial charge in [0.25, 0.3) is 0 Å². The Kier molecular flexibility index (Phi) is 7.58. The summed E-state index contributed by atoms with van der Waals surface area (Å²) in [6, 6.07) is 5.47. The minimum Gasteiger partial charge on any atom is -0.369 e. The van der Waals surface area contributed by atoms with Gasteiger partial charge >= 0.3 is 6.18 Å². The SMILES string of the molecule is O=C(CCN1CCCC1=O)NCCCN1CCN(c2cccc(C(F)(F)F)c2)CC1. The molecule has 30 heavy (non-hydrogen) atoms. The van der Waals surface area contributed by atoms with Crippen LogP contribution in [0.3, 0.4) is 0 Å². The van der Waals surface area contributed by atoms with E-state index in [1.807, 2.05) is 4.90 Å². The van der Waals surface area contributed by atoms with Gasteiger partial charge in [-0.2, -0.15) is 13.2 Å². The molecule has 2 heterocycles. The average Bonchev–Trinajstić information content (AvgIpc) is 3.14. The normalized spacial score (nSPS) is 18.2. The van der Waals surface area contributed by atoms with Gasteiger partial charge in [0.05, 0.1) is 5.56 Å². The van der Waals surface area contributed by atoms with Gasteiger partial charge in [0.1, 0.15) is 0 Å². The molecular formula is C21H29F3N4O2. The second kappa shape index (κ2) is 10.1. The van der Waals surface area contributed by atoms with Gasteiger partial charge < -0.3 is 15.1 Å². The van der Waals surface area contributed by atoms with Crippen LogP contribution in [0.25, 0.3) is 0 Å². The number of halogens is 3. The highest BCUT2D eigenvalue weighted by molar-refractivity contribution is 5.80. The fourth-order valence-corrected chi connectivity index (χ4v) is 3.90. The Hall–Kier alpha value is -2.29. The van der Waals surface area contributed by atoms with Crippen molar-refractivity contribution in [3.8, 4) is 0 Å². The molecular weight excluding hydrogens is 397 g/mol. The van der Waals surface area contributed by atoms with E-state index in [0.29, 0.717) is 44.7 Å². The average molecular weight is 426 g/mol. The Morgan fingerprint density at radius 2 is 1.83 bits per heavy atom. The van der Waals surface area contributed by atoms with E-state index >= 15 is 0 Å². The number of nitrogens with zero attached hydrogens (tertiary/aromatic N) is 3. The van der Waals surface area contributed by atoms with E-state index in [-0.39, 0.29) is 11.8 Å².